The van der Waals surface area contributed by atoms with Gasteiger partial charge in [0, 0.05) is 17.3 Å². The van der Waals surface area contributed by atoms with E-state index in [9.17, 15) is 10.1 Å². The Balaban J connectivity index is 2.31. The third-order valence-corrected chi connectivity index (χ3v) is 2.52. The molecule has 1 heterocycles. The van der Waals surface area contributed by atoms with Crippen molar-refractivity contribution < 1.29 is 9.66 Å². The fourth-order valence-electron chi connectivity index (χ4n) is 1.65. The number of nitriles is 1. The van der Waals surface area contributed by atoms with Crippen LogP contribution in [0.2, 0.25) is 0 Å². The van der Waals surface area contributed by atoms with Crippen LogP contribution in [0.1, 0.15) is 17.0 Å². The van der Waals surface area contributed by atoms with E-state index in [1.165, 1.54) is 24.3 Å². The van der Waals surface area contributed by atoms with Gasteiger partial charge in [0.2, 0.25) is 0 Å². The Hall–Kier alpha value is -3.01. The predicted octanol–water partition coefficient (Wildman–Crippen LogP) is 2.67. The molecule has 0 aliphatic heterocycles. The topological polar surface area (TPSA) is 102 Å². The van der Waals surface area contributed by atoms with Crippen LogP contribution in [0.15, 0.2) is 24.3 Å². The summed E-state index contributed by atoms with van der Waals surface area (Å²) in [4.78, 5) is 18.2. The van der Waals surface area contributed by atoms with Gasteiger partial charge in [0.25, 0.3) is 5.69 Å². The van der Waals surface area contributed by atoms with E-state index in [0.717, 1.165) is 0 Å². The zero-order chi connectivity index (χ0) is 14.7. The van der Waals surface area contributed by atoms with Crippen molar-refractivity contribution in [3.05, 3.63) is 51.3 Å². The van der Waals surface area contributed by atoms with Gasteiger partial charge in [-0.25, -0.2) is 4.98 Å². The lowest BCUT2D eigenvalue weighted by Gasteiger charge is -2.05. The number of hydrogen-bond acceptors (Lipinski definition) is 6. The predicted molar refractivity (Wildman–Crippen MR) is 69.4 cm³/mol. The molecule has 1 aromatic heterocycles. The molecule has 1 aromatic carbocycles. The Bertz CT molecular complexity index is 722. The minimum absolute atomic E-state index is 0.0141. The van der Waals surface area contributed by atoms with Gasteiger partial charge in [0.1, 0.15) is 17.5 Å². The SMILES string of the molecule is Cc1cc(C#N)nc(Oc2ccc([N+](=O)[O-])c(C)c2)n1. The maximum Gasteiger partial charge on any atom is 0.323 e. The maximum atomic E-state index is 10.7. The summed E-state index contributed by atoms with van der Waals surface area (Å²) in [5.74, 6) is 0.377. The highest BCUT2D eigenvalue weighted by Crippen LogP contribution is 2.25. The number of ether oxygens (including phenoxy) is 1. The van der Waals surface area contributed by atoms with Crippen molar-refractivity contribution in [2.45, 2.75) is 13.8 Å². The number of rotatable bonds is 3. The van der Waals surface area contributed by atoms with Crippen molar-refractivity contribution in [3.63, 3.8) is 0 Å². The van der Waals surface area contributed by atoms with E-state index in [-0.39, 0.29) is 17.4 Å². The lowest BCUT2D eigenvalue weighted by molar-refractivity contribution is -0.385. The molecular formula is C13H10N4O3. The Morgan fingerprint density at radius 2 is 2.05 bits per heavy atom. The highest BCUT2D eigenvalue weighted by atomic mass is 16.6. The number of benzene rings is 1. The molecule has 0 spiro atoms. The first-order valence-electron chi connectivity index (χ1n) is 5.68. The minimum atomic E-state index is -0.462. The second kappa shape index (κ2) is 5.32. The maximum absolute atomic E-state index is 10.7. The quantitative estimate of drug-likeness (QED) is 0.627. The molecular weight excluding hydrogens is 260 g/mol. The zero-order valence-corrected chi connectivity index (χ0v) is 10.8. The smallest absolute Gasteiger partial charge is 0.323 e. The van der Waals surface area contributed by atoms with Crippen molar-refractivity contribution >= 4 is 5.69 Å². The number of hydrogen-bond donors (Lipinski definition) is 0. The van der Waals surface area contributed by atoms with E-state index in [2.05, 4.69) is 9.97 Å². The standard InChI is InChI=1S/C13H10N4O3/c1-8-5-11(3-4-12(8)17(18)19)20-13-15-9(2)6-10(7-14)16-13/h3-6H,1-2H3. The molecule has 20 heavy (non-hydrogen) atoms. The molecule has 0 bridgehead atoms. The van der Waals surface area contributed by atoms with Crippen LogP contribution in [0.3, 0.4) is 0 Å². The molecule has 0 aliphatic rings. The monoisotopic (exact) mass is 270 g/mol. The van der Waals surface area contributed by atoms with Crippen molar-refractivity contribution in [2.24, 2.45) is 0 Å². The fraction of sp³-hybridized carbons (Fsp3) is 0.154. The molecule has 0 amide bonds. The molecule has 2 aromatic rings. The lowest BCUT2D eigenvalue weighted by atomic mass is 10.2. The summed E-state index contributed by atoms with van der Waals surface area (Å²) in [7, 11) is 0. The van der Waals surface area contributed by atoms with Gasteiger partial charge in [-0.05, 0) is 32.0 Å². The molecule has 0 N–H and O–H groups in total. The van der Waals surface area contributed by atoms with E-state index < -0.39 is 4.92 Å². The number of aromatic nitrogens is 2. The van der Waals surface area contributed by atoms with Gasteiger partial charge in [0.15, 0.2) is 0 Å². The summed E-state index contributed by atoms with van der Waals surface area (Å²) in [6, 6.07) is 7.82. The highest BCUT2D eigenvalue weighted by molar-refractivity contribution is 5.45. The number of nitro benzene ring substituents is 1. The van der Waals surface area contributed by atoms with Crippen LogP contribution in [-0.4, -0.2) is 14.9 Å². The van der Waals surface area contributed by atoms with Crippen LogP contribution in [0.5, 0.6) is 11.8 Å². The van der Waals surface area contributed by atoms with Gasteiger partial charge in [0.05, 0.1) is 4.92 Å². The van der Waals surface area contributed by atoms with Gasteiger partial charge in [-0.15, -0.1) is 0 Å². The summed E-state index contributed by atoms with van der Waals surface area (Å²) in [6.07, 6.45) is 0. The molecule has 7 heteroatoms. The van der Waals surface area contributed by atoms with Crippen LogP contribution in [-0.2, 0) is 0 Å². The summed E-state index contributed by atoms with van der Waals surface area (Å²) in [6.45, 7) is 3.33. The Labute approximate surface area is 114 Å². The molecule has 100 valence electrons. The lowest BCUT2D eigenvalue weighted by Crippen LogP contribution is -1.97. The average molecular weight is 270 g/mol. The summed E-state index contributed by atoms with van der Waals surface area (Å²) in [5, 5.41) is 19.5. The van der Waals surface area contributed by atoms with Crippen molar-refractivity contribution in [2.75, 3.05) is 0 Å². The molecule has 0 saturated heterocycles. The normalized spacial score (nSPS) is 9.85. The second-order valence-corrected chi connectivity index (χ2v) is 4.10. The molecule has 7 nitrogen and oxygen atoms in total. The largest absolute Gasteiger partial charge is 0.424 e. The second-order valence-electron chi connectivity index (χ2n) is 4.10. The Kier molecular flexibility index (Phi) is 3.57. The molecule has 0 radical (unpaired) electrons. The molecule has 0 fully saturated rings. The third-order valence-electron chi connectivity index (χ3n) is 2.52. The number of nitro groups is 1. The molecule has 2 rings (SSSR count). The summed E-state index contributed by atoms with van der Waals surface area (Å²) >= 11 is 0. The van der Waals surface area contributed by atoms with E-state index in [1.807, 2.05) is 6.07 Å². The van der Waals surface area contributed by atoms with Gasteiger partial charge < -0.3 is 4.74 Å². The molecule has 0 atom stereocenters. The first-order chi connectivity index (χ1) is 9.49. The average Bonchev–Trinajstić information content (AvgIpc) is 2.37. The molecule has 0 saturated carbocycles. The van der Waals surface area contributed by atoms with Gasteiger partial charge in [-0.3, -0.25) is 10.1 Å². The summed E-state index contributed by atoms with van der Waals surface area (Å²) in [5.41, 5.74) is 1.29. The first kappa shape index (κ1) is 13.4. The van der Waals surface area contributed by atoms with E-state index in [0.29, 0.717) is 17.0 Å². The van der Waals surface area contributed by atoms with Crippen molar-refractivity contribution in [3.8, 4) is 17.8 Å². The highest BCUT2D eigenvalue weighted by Gasteiger charge is 2.12. The van der Waals surface area contributed by atoms with Crippen molar-refractivity contribution in [1.29, 1.82) is 5.26 Å². The van der Waals surface area contributed by atoms with Crippen LogP contribution >= 0.6 is 0 Å². The molecule has 0 aliphatic carbocycles. The third kappa shape index (κ3) is 2.87. The summed E-state index contributed by atoms with van der Waals surface area (Å²) < 4.78 is 5.42. The van der Waals surface area contributed by atoms with Crippen LogP contribution in [0.25, 0.3) is 0 Å². The van der Waals surface area contributed by atoms with Gasteiger partial charge in [-0.1, -0.05) is 0 Å². The zero-order valence-electron chi connectivity index (χ0n) is 10.8. The van der Waals surface area contributed by atoms with Crippen molar-refractivity contribution in [1.82, 2.24) is 9.97 Å². The van der Waals surface area contributed by atoms with Crippen LogP contribution in [0, 0.1) is 35.3 Å². The Morgan fingerprint density at radius 3 is 2.65 bits per heavy atom. The Morgan fingerprint density at radius 1 is 1.30 bits per heavy atom. The number of nitrogens with zero attached hydrogens (tertiary/aromatic N) is 4. The fourth-order valence-corrected chi connectivity index (χ4v) is 1.65. The molecule has 0 unspecified atom stereocenters. The van der Waals surface area contributed by atoms with Gasteiger partial charge >= 0.3 is 6.01 Å². The van der Waals surface area contributed by atoms with E-state index in [1.54, 1.807) is 13.8 Å². The first-order valence-corrected chi connectivity index (χ1v) is 5.68. The number of aryl methyl sites for hydroxylation is 2. The van der Waals surface area contributed by atoms with E-state index in [4.69, 9.17) is 10.00 Å². The van der Waals surface area contributed by atoms with Crippen LogP contribution < -0.4 is 4.74 Å². The minimum Gasteiger partial charge on any atom is -0.424 e. The van der Waals surface area contributed by atoms with Gasteiger partial charge in [-0.2, -0.15) is 10.2 Å². The van der Waals surface area contributed by atoms with Crippen LogP contribution in [0.4, 0.5) is 5.69 Å². The van der Waals surface area contributed by atoms with E-state index >= 15 is 0 Å².